The smallest absolute Gasteiger partial charge is 0 e. The summed E-state index contributed by atoms with van der Waals surface area (Å²) in [6, 6.07) is 17.9. The van der Waals surface area contributed by atoms with Gasteiger partial charge in [0.2, 0.25) is 0 Å². The fourth-order valence-corrected chi connectivity index (χ4v) is 4.59. The predicted molar refractivity (Wildman–Crippen MR) is 113 cm³/mol. The van der Waals surface area contributed by atoms with E-state index in [1.165, 1.54) is 49.7 Å². The maximum Gasteiger partial charge on any atom is 0 e. The average molecular weight is 567 g/mol. The van der Waals surface area contributed by atoms with E-state index in [0.717, 1.165) is 25.6 Å². The van der Waals surface area contributed by atoms with Gasteiger partial charge < -0.3 is 20.9 Å². The molecule has 0 spiro atoms. The standard InChI is InChI=1S/C14H18N2.C10H12N2.Ir/c1-2-4-13-11(3-1)5-6-14(16-13)12-7-9-15-10-8-12;1-2-4-9(5-3-1)10-8-11-6-7-12-10;/h7,9-11,13-14H,1-6H2;1-4,10-11H,6-8H2;/q2*-2;. The Hall–Kier alpha value is -1.10. The summed E-state index contributed by atoms with van der Waals surface area (Å²) in [6.07, 6.45) is 11.7. The zero-order chi connectivity index (χ0) is 19.0. The molecular formula is C24H30IrN4-4. The Balaban J connectivity index is 0.000000167. The molecule has 1 aromatic heterocycles. The van der Waals surface area contributed by atoms with Gasteiger partial charge in [-0.2, -0.15) is 42.0 Å². The summed E-state index contributed by atoms with van der Waals surface area (Å²) in [4.78, 5) is 4.02. The molecule has 2 aromatic rings. The van der Waals surface area contributed by atoms with E-state index in [-0.39, 0.29) is 20.1 Å². The topological polar surface area (TPSA) is 53.1 Å². The van der Waals surface area contributed by atoms with Crippen LogP contribution in [0.4, 0.5) is 0 Å². The molecular weight excluding hydrogens is 537 g/mol. The average Bonchev–Trinajstić information content (AvgIpc) is 2.81. The Labute approximate surface area is 189 Å². The summed E-state index contributed by atoms with van der Waals surface area (Å²) in [5.74, 6) is 0.881. The van der Waals surface area contributed by atoms with E-state index in [0.29, 0.717) is 18.1 Å². The fourth-order valence-electron chi connectivity index (χ4n) is 4.59. The van der Waals surface area contributed by atoms with Crippen LogP contribution in [-0.4, -0.2) is 30.7 Å². The number of aromatic nitrogens is 1. The Morgan fingerprint density at radius 1 is 0.966 bits per heavy atom. The van der Waals surface area contributed by atoms with Crippen LogP contribution in [0.25, 0.3) is 10.6 Å². The molecule has 3 heterocycles. The van der Waals surface area contributed by atoms with Crippen molar-refractivity contribution in [3.8, 4) is 0 Å². The number of fused-ring (bicyclic) bond motifs is 1. The van der Waals surface area contributed by atoms with E-state index in [2.05, 4.69) is 39.9 Å². The third kappa shape index (κ3) is 6.44. The maximum absolute atomic E-state index is 5.02. The van der Waals surface area contributed by atoms with Crippen LogP contribution in [0.5, 0.6) is 0 Å². The van der Waals surface area contributed by atoms with E-state index < -0.39 is 0 Å². The third-order valence-electron chi connectivity index (χ3n) is 6.12. The second-order valence-corrected chi connectivity index (χ2v) is 7.99. The molecule has 0 bridgehead atoms. The molecule has 5 rings (SSSR count). The van der Waals surface area contributed by atoms with Crippen molar-refractivity contribution < 1.29 is 20.1 Å². The van der Waals surface area contributed by atoms with Gasteiger partial charge in [0, 0.05) is 20.1 Å². The first kappa shape index (κ1) is 22.6. The Kier molecular flexibility index (Phi) is 9.29. The number of nitrogens with one attached hydrogen (secondary N) is 1. The minimum atomic E-state index is 0. The van der Waals surface area contributed by atoms with Gasteiger partial charge in [0.05, 0.1) is 0 Å². The van der Waals surface area contributed by atoms with Gasteiger partial charge in [-0.25, -0.2) is 11.6 Å². The van der Waals surface area contributed by atoms with E-state index in [1.54, 1.807) is 6.20 Å². The monoisotopic (exact) mass is 567 g/mol. The van der Waals surface area contributed by atoms with Gasteiger partial charge in [0.1, 0.15) is 0 Å². The van der Waals surface area contributed by atoms with Crippen LogP contribution in [0.1, 0.15) is 61.7 Å². The van der Waals surface area contributed by atoms with Crippen molar-refractivity contribution in [3.63, 3.8) is 0 Å². The first-order chi connectivity index (χ1) is 13.9. The molecule has 2 aliphatic heterocycles. The molecule has 4 nitrogen and oxygen atoms in total. The molecule has 1 aliphatic carbocycles. The van der Waals surface area contributed by atoms with Crippen LogP contribution in [0.2, 0.25) is 0 Å². The second-order valence-electron chi connectivity index (χ2n) is 7.99. The number of hydrogen-bond acceptors (Lipinski definition) is 2. The minimum absolute atomic E-state index is 0. The molecule has 2 saturated heterocycles. The van der Waals surface area contributed by atoms with Crippen molar-refractivity contribution >= 4 is 0 Å². The number of rotatable bonds is 2. The second kappa shape index (κ2) is 11.9. The molecule has 3 fully saturated rings. The molecule has 29 heavy (non-hydrogen) atoms. The number of pyridine rings is 1. The molecule has 1 N–H and O–H groups in total. The van der Waals surface area contributed by atoms with Crippen molar-refractivity contribution in [2.24, 2.45) is 5.92 Å². The van der Waals surface area contributed by atoms with E-state index in [4.69, 9.17) is 5.32 Å². The Bertz CT molecular complexity index is 691. The zero-order valence-corrected chi connectivity index (χ0v) is 19.3. The summed E-state index contributed by atoms with van der Waals surface area (Å²) in [5.41, 5.74) is 2.43. The van der Waals surface area contributed by atoms with Gasteiger partial charge in [-0.1, -0.05) is 56.8 Å². The summed E-state index contributed by atoms with van der Waals surface area (Å²) < 4.78 is 0. The maximum atomic E-state index is 5.02. The van der Waals surface area contributed by atoms with Crippen molar-refractivity contribution in [3.05, 3.63) is 76.6 Å². The number of piperidine rings is 1. The van der Waals surface area contributed by atoms with Gasteiger partial charge in [-0.3, -0.25) is 0 Å². The summed E-state index contributed by atoms with van der Waals surface area (Å²) >= 11 is 0. The van der Waals surface area contributed by atoms with Gasteiger partial charge >= 0.3 is 0 Å². The summed E-state index contributed by atoms with van der Waals surface area (Å²) in [7, 11) is 0. The summed E-state index contributed by atoms with van der Waals surface area (Å²) in [5, 5.41) is 12.8. The summed E-state index contributed by atoms with van der Waals surface area (Å²) in [6.45, 7) is 2.90. The minimum Gasteiger partial charge on any atom is -0.655 e. The molecule has 3 aliphatic rings. The van der Waals surface area contributed by atoms with Gasteiger partial charge in [0.15, 0.2) is 0 Å². The van der Waals surface area contributed by atoms with Crippen LogP contribution >= 0.6 is 0 Å². The number of nitrogens with zero attached hydrogens (tertiary/aromatic N) is 3. The first-order valence-corrected chi connectivity index (χ1v) is 10.8. The van der Waals surface area contributed by atoms with Crippen molar-refractivity contribution in [2.45, 2.75) is 56.7 Å². The number of benzene rings is 1. The molecule has 4 atom stereocenters. The molecule has 4 unspecified atom stereocenters. The zero-order valence-electron chi connectivity index (χ0n) is 16.9. The van der Waals surface area contributed by atoms with Crippen LogP contribution < -0.4 is 5.32 Å². The normalized spacial score (nSPS) is 28.8. The fraction of sp³-hybridized carbons (Fsp3) is 0.542. The van der Waals surface area contributed by atoms with E-state index in [9.17, 15) is 0 Å². The molecule has 159 valence electrons. The molecule has 5 heteroatoms. The quantitative estimate of drug-likeness (QED) is 0.512. The van der Waals surface area contributed by atoms with Crippen LogP contribution in [0, 0.1) is 18.1 Å². The molecule has 1 radical (unpaired) electrons. The van der Waals surface area contributed by atoms with Crippen LogP contribution in [0.15, 0.2) is 42.7 Å². The van der Waals surface area contributed by atoms with E-state index >= 15 is 0 Å². The number of hydrogen-bond donors (Lipinski definition) is 1. The number of piperazine rings is 1. The van der Waals surface area contributed by atoms with Gasteiger partial charge in [-0.05, 0) is 13.1 Å². The van der Waals surface area contributed by atoms with E-state index in [1.807, 2.05) is 24.4 Å². The van der Waals surface area contributed by atoms with Crippen molar-refractivity contribution in [2.75, 3.05) is 19.6 Å². The van der Waals surface area contributed by atoms with Crippen molar-refractivity contribution in [1.82, 2.24) is 10.3 Å². The molecule has 1 aromatic carbocycles. The Morgan fingerprint density at radius 3 is 2.62 bits per heavy atom. The van der Waals surface area contributed by atoms with Crippen molar-refractivity contribution in [1.29, 1.82) is 0 Å². The third-order valence-corrected chi connectivity index (χ3v) is 6.12. The molecule has 1 saturated carbocycles. The SMILES string of the molecule is [Ir].[c-]1ccccc1C1CNCC[N-]1.[c-]1cnccc1C1CCC2CCCCC2[N-]1. The Morgan fingerprint density at radius 2 is 1.86 bits per heavy atom. The van der Waals surface area contributed by atoms with Crippen LogP contribution in [-0.2, 0) is 20.1 Å². The largest absolute Gasteiger partial charge is 0.655 e. The van der Waals surface area contributed by atoms with Gasteiger partial charge in [0.25, 0.3) is 0 Å². The first-order valence-electron chi connectivity index (χ1n) is 10.8. The van der Waals surface area contributed by atoms with Crippen LogP contribution in [0.3, 0.4) is 0 Å². The predicted octanol–water partition coefficient (Wildman–Crippen LogP) is 5.15. The van der Waals surface area contributed by atoms with Gasteiger partial charge in [-0.15, -0.1) is 24.7 Å². The molecule has 0 amide bonds.